The average molecular weight is 907 g/mol. The number of methoxy groups -OCH3 is 1. The molecule has 350 valence electrons. The molecule has 5 aromatic rings. The summed E-state index contributed by atoms with van der Waals surface area (Å²) in [7, 11) is 1.72. The number of hydrogen-bond acceptors (Lipinski definition) is 6. The molecule has 1 saturated carbocycles. The van der Waals surface area contributed by atoms with Gasteiger partial charge in [-0.25, -0.2) is 0 Å². The molecule has 1 fully saturated rings. The fraction of sp³-hybridized carbons (Fsp3) is 0.500. The maximum absolute atomic E-state index is 7.95. The average Bonchev–Trinajstić information content (AvgIpc) is 3.86. The molecule has 5 aromatic carbocycles. The number of hydrogen-bond donors (Lipinski definition) is 0. The number of thioether (sulfide) groups is 1. The number of rotatable bonds is 15. The zero-order valence-electron chi connectivity index (χ0n) is 41.9. The van der Waals surface area contributed by atoms with E-state index >= 15 is 0 Å². The summed E-state index contributed by atoms with van der Waals surface area (Å²) in [6, 6.07) is 31.2. The molecular weight excluding hydrogens is 833 g/mol. The number of ether oxygens (including phenoxy) is 5. The van der Waals surface area contributed by atoms with Gasteiger partial charge in [-0.2, -0.15) is 0 Å². The first kappa shape index (κ1) is 46.7. The van der Waals surface area contributed by atoms with Gasteiger partial charge < -0.3 is 23.7 Å². The molecule has 0 bridgehead atoms. The van der Waals surface area contributed by atoms with Gasteiger partial charge in [0, 0.05) is 45.7 Å². The first-order chi connectivity index (χ1) is 31.5. The Kier molecular flexibility index (Phi) is 12.2. The topological polar surface area (TPSA) is 46.2 Å². The van der Waals surface area contributed by atoms with Gasteiger partial charge in [-0.1, -0.05) is 135 Å². The Morgan fingerprint density at radius 3 is 1.95 bits per heavy atom. The third-order valence-corrected chi connectivity index (χ3v) is 18.9. The molecule has 4 aliphatic rings. The SMILES string of the molecule is CCC1(CC)CCC2(CC1)c1ccccc1-c1c2c2c(c3cc4c(cc13)OC(C(C)C)(C(C)C)S4)OC(c1ccc(OC)cc1)(c1ccc(OC(C)(CC)CCOC(C)(C)CC)cc1)C=C2. The molecule has 2 aliphatic heterocycles. The van der Waals surface area contributed by atoms with Gasteiger partial charge >= 0.3 is 0 Å². The molecule has 2 aliphatic carbocycles. The standard InChI is InChI=1S/C60H74O5S/c1-13-55(9,10)62-36-35-56(11,14-2)63-44-27-23-42(24-28-44)59(41-21-25-43(61-12)26-22-41)30-29-46-53-52(45-19-17-18-20-49(45)58(53)33-31-57(15-3,16-4)32-34-58)47-37-50-51(38-48(47)54(46)65-59)66-60(64-50,39(5)6)40(7)8/h17-30,37-40H,13-16,31-36H2,1-12H3. The fourth-order valence-corrected chi connectivity index (χ4v) is 13.2. The minimum absolute atomic E-state index is 0.123. The van der Waals surface area contributed by atoms with Gasteiger partial charge in [-0.15, -0.1) is 0 Å². The maximum atomic E-state index is 7.95. The van der Waals surface area contributed by atoms with Crippen LogP contribution in [0.2, 0.25) is 0 Å². The van der Waals surface area contributed by atoms with Crippen molar-refractivity contribution in [3.63, 3.8) is 0 Å². The Morgan fingerprint density at radius 1 is 0.727 bits per heavy atom. The smallest absolute Gasteiger partial charge is 0.178 e. The number of fused-ring (bicyclic) bond motifs is 11. The van der Waals surface area contributed by atoms with E-state index in [4.69, 9.17) is 23.7 Å². The summed E-state index contributed by atoms with van der Waals surface area (Å²) in [5.41, 5.74) is 7.70. The highest BCUT2D eigenvalue weighted by molar-refractivity contribution is 8.01. The lowest BCUT2D eigenvalue weighted by atomic mass is 9.58. The number of benzene rings is 5. The largest absolute Gasteiger partial charge is 0.497 e. The Morgan fingerprint density at radius 2 is 1.36 bits per heavy atom. The van der Waals surface area contributed by atoms with E-state index in [1.165, 1.54) is 63.8 Å². The van der Waals surface area contributed by atoms with Crippen molar-refractivity contribution in [2.24, 2.45) is 17.3 Å². The molecule has 1 spiro atoms. The molecule has 6 heteroatoms. The molecule has 66 heavy (non-hydrogen) atoms. The lowest BCUT2D eigenvalue weighted by Gasteiger charge is -2.47. The molecule has 0 amide bonds. The van der Waals surface area contributed by atoms with Crippen LogP contribution >= 0.6 is 11.8 Å². The summed E-state index contributed by atoms with van der Waals surface area (Å²) in [5.74, 6) is 4.20. The van der Waals surface area contributed by atoms with Crippen LogP contribution < -0.4 is 18.9 Å². The third kappa shape index (κ3) is 7.56. The fourth-order valence-electron chi connectivity index (χ4n) is 11.8. The highest BCUT2D eigenvalue weighted by Gasteiger charge is 2.53. The molecule has 0 N–H and O–H groups in total. The Balaban J connectivity index is 1.23. The van der Waals surface area contributed by atoms with Crippen molar-refractivity contribution in [1.82, 2.24) is 0 Å². The predicted octanol–water partition coefficient (Wildman–Crippen LogP) is 16.5. The van der Waals surface area contributed by atoms with Gasteiger partial charge in [0.15, 0.2) is 10.5 Å². The van der Waals surface area contributed by atoms with E-state index in [-0.39, 0.29) is 21.6 Å². The second-order valence-electron chi connectivity index (χ2n) is 21.4. The van der Waals surface area contributed by atoms with Crippen molar-refractivity contribution in [1.29, 1.82) is 0 Å². The highest BCUT2D eigenvalue weighted by Crippen LogP contribution is 2.66. The van der Waals surface area contributed by atoms with Gasteiger partial charge in [0.25, 0.3) is 0 Å². The molecule has 2 atom stereocenters. The Labute approximate surface area is 400 Å². The van der Waals surface area contributed by atoms with Gasteiger partial charge in [-0.05, 0) is 135 Å². The van der Waals surface area contributed by atoms with Crippen LogP contribution in [0.3, 0.4) is 0 Å². The summed E-state index contributed by atoms with van der Waals surface area (Å²) >= 11 is 1.89. The minimum Gasteiger partial charge on any atom is -0.497 e. The van der Waals surface area contributed by atoms with Crippen LogP contribution in [0.5, 0.6) is 23.0 Å². The van der Waals surface area contributed by atoms with E-state index < -0.39 is 5.60 Å². The van der Waals surface area contributed by atoms with Crippen LogP contribution in [0.4, 0.5) is 0 Å². The minimum atomic E-state index is -0.945. The summed E-state index contributed by atoms with van der Waals surface area (Å²) in [6.45, 7) is 25.5. The van der Waals surface area contributed by atoms with E-state index in [0.717, 1.165) is 71.6 Å². The monoisotopic (exact) mass is 907 g/mol. The van der Waals surface area contributed by atoms with E-state index in [0.29, 0.717) is 23.9 Å². The van der Waals surface area contributed by atoms with Crippen molar-refractivity contribution < 1.29 is 23.7 Å². The molecule has 5 nitrogen and oxygen atoms in total. The van der Waals surface area contributed by atoms with Gasteiger partial charge in [0.1, 0.15) is 28.6 Å². The molecule has 2 unspecified atom stereocenters. The van der Waals surface area contributed by atoms with E-state index in [1.54, 1.807) is 7.11 Å². The van der Waals surface area contributed by atoms with Crippen molar-refractivity contribution in [2.45, 2.75) is 166 Å². The van der Waals surface area contributed by atoms with Crippen LogP contribution in [-0.4, -0.2) is 29.9 Å². The van der Waals surface area contributed by atoms with Crippen molar-refractivity contribution in [3.8, 4) is 34.1 Å². The first-order valence-corrected chi connectivity index (χ1v) is 26.0. The maximum Gasteiger partial charge on any atom is 0.178 e. The zero-order chi connectivity index (χ0) is 46.9. The zero-order valence-corrected chi connectivity index (χ0v) is 42.7. The lowest BCUT2D eigenvalue weighted by molar-refractivity contribution is -0.0465. The molecular formula is C60H74O5S. The Bertz CT molecular complexity index is 2600. The lowest BCUT2D eigenvalue weighted by Crippen LogP contribution is -2.40. The quantitative estimate of drug-likeness (QED) is 0.104. The van der Waals surface area contributed by atoms with Crippen LogP contribution in [0.15, 0.2) is 95.9 Å². The second kappa shape index (κ2) is 17.3. The van der Waals surface area contributed by atoms with Gasteiger partial charge in [0.2, 0.25) is 0 Å². The first-order valence-electron chi connectivity index (χ1n) is 25.2. The van der Waals surface area contributed by atoms with E-state index in [1.807, 2.05) is 11.8 Å². The van der Waals surface area contributed by atoms with Crippen LogP contribution in [0.1, 0.15) is 162 Å². The molecule has 0 radical (unpaired) electrons. The summed E-state index contributed by atoms with van der Waals surface area (Å²) < 4.78 is 33.9. The van der Waals surface area contributed by atoms with E-state index in [2.05, 4.69) is 173 Å². The summed E-state index contributed by atoms with van der Waals surface area (Å²) in [5, 5.41) is 2.35. The van der Waals surface area contributed by atoms with Crippen molar-refractivity contribution in [3.05, 3.63) is 119 Å². The van der Waals surface area contributed by atoms with Crippen molar-refractivity contribution >= 4 is 28.6 Å². The van der Waals surface area contributed by atoms with E-state index in [9.17, 15) is 0 Å². The van der Waals surface area contributed by atoms with Crippen LogP contribution in [0.25, 0.3) is 28.0 Å². The Hall–Kier alpha value is -4.39. The molecule has 2 heterocycles. The molecule has 9 rings (SSSR count). The van der Waals surface area contributed by atoms with Crippen LogP contribution in [-0.2, 0) is 15.8 Å². The second-order valence-corrected chi connectivity index (χ2v) is 22.7. The molecule has 0 aromatic heterocycles. The van der Waals surface area contributed by atoms with Crippen molar-refractivity contribution in [2.75, 3.05) is 13.7 Å². The van der Waals surface area contributed by atoms with Gasteiger partial charge in [0.05, 0.1) is 24.2 Å². The van der Waals surface area contributed by atoms with Gasteiger partial charge in [-0.3, -0.25) is 0 Å². The van der Waals surface area contributed by atoms with Crippen LogP contribution in [0, 0.1) is 17.3 Å². The predicted molar refractivity (Wildman–Crippen MR) is 275 cm³/mol. The highest BCUT2D eigenvalue weighted by atomic mass is 32.2. The normalized spacial score (nSPS) is 20.6. The summed E-state index contributed by atoms with van der Waals surface area (Å²) in [4.78, 5) is 0.818. The molecule has 0 saturated heterocycles. The third-order valence-electron chi connectivity index (χ3n) is 17.0. The summed E-state index contributed by atoms with van der Waals surface area (Å²) in [6.07, 6.45) is 14.5.